The molecule has 0 atom stereocenters. The molecular formula is C14H9O5S2. The first kappa shape index (κ1) is 15.3. The molecule has 0 saturated carbocycles. The molecule has 7 heteroatoms. The smallest absolute Gasteiger partial charge is 0.369 e. The Morgan fingerprint density at radius 3 is 2.14 bits per heavy atom. The molecule has 0 saturated heterocycles. The topological polar surface area (TPSA) is 83.8 Å². The third kappa shape index (κ3) is 4.73. The number of carboxylic acid groups (broad SMARTS) is 2. The van der Waals surface area contributed by atoms with E-state index in [-0.39, 0.29) is 0 Å². The molecule has 0 spiro atoms. The van der Waals surface area contributed by atoms with E-state index in [0.717, 1.165) is 0 Å². The van der Waals surface area contributed by atoms with Crippen molar-refractivity contribution in [1.29, 1.82) is 0 Å². The van der Waals surface area contributed by atoms with E-state index in [1.807, 2.05) is 0 Å². The zero-order chi connectivity index (χ0) is 15.2. The Hall–Kier alpha value is -2.12. The maximum absolute atomic E-state index is 10.8. The van der Waals surface area contributed by atoms with Crippen LogP contribution in [0, 0.1) is 6.07 Å². The molecule has 2 N–H and O–H groups in total. The maximum Gasteiger partial charge on any atom is 0.369 e. The monoisotopic (exact) mass is 321 g/mol. The van der Waals surface area contributed by atoms with E-state index in [4.69, 9.17) is 14.9 Å². The summed E-state index contributed by atoms with van der Waals surface area (Å²) in [5.74, 6) is 1.01. The van der Waals surface area contributed by atoms with Crippen LogP contribution in [0.25, 0.3) is 0 Å². The van der Waals surface area contributed by atoms with Gasteiger partial charge >= 0.3 is 10.6 Å². The van der Waals surface area contributed by atoms with Crippen LogP contribution < -0.4 is 4.74 Å². The molecule has 0 aliphatic heterocycles. The van der Waals surface area contributed by atoms with Gasteiger partial charge in [-0.3, -0.25) is 0 Å². The lowest BCUT2D eigenvalue weighted by Crippen LogP contribution is -1.91. The van der Waals surface area contributed by atoms with Gasteiger partial charge < -0.3 is 14.9 Å². The normalized spacial score (nSPS) is 10.1. The number of carbonyl (C=O) groups is 2. The summed E-state index contributed by atoms with van der Waals surface area (Å²) in [6, 6.07) is 14.3. The van der Waals surface area contributed by atoms with E-state index in [2.05, 4.69) is 6.07 Å². The zero-order valence-electron chi connectivity index (χ0n) is 10.5. The van der Waals surface area contributed by atoms with Crippen LogP contribution in [0.2, 0.25) is 0 Å². The molecule has 107 valence electrons. The summed E-state index contributed by atoms with van der Waals surface area (Å²) >= 11 is 1.09. The second kappa shape index (κ2) is 7.05. The number of benzene rings is 2. The fourth-order valence-electron chi connectivity index (χ4n) is 1.48. The van der Waals surface area contributed by atoms with Crippen LogP contribution in [0.15, 0.2) is 52.3 Å². The minimum atomic E-state index is -1.12. The third-order valence-corrected chi connectivity index (χ3v) is 3.85. The average molecular weight is 321 g/mol. The van der Waals surface area contributed by atoms with Gasteiger partial charge in [0.05, 0.1) is 0 Å². The third-order valence-electron chi connectivity index (χ3n) is 2.23. The van der Waals surface area contributed by atoms with Gasteiger partial charge in [0.15, 0.2) is 0 Å². The van der Waals surface area contributed by atoms with Crippen molar-refractivity contribution in [2.24, 2.45) is 0 Å². The molecule has 21 heavy (non-hydrogen) atoms. The van der Waals surface area contributed by atoms with Crippen LogP contribution in [0.1, 0.15) is 0 Å². The highest BCUT2D eigenvalue weighted by Gasteiger charge is 2.13. The second-order valence-corrected chi connectivity index (χ2v) is 5.67. The minimum Gasteiger partial charge on any atom is -0.473 e. The van der Waals surface area contributed by atoms with Crippen LogP contribution in [-0.2, 0) is 0 Å². The Labute approximate surface area is 128 Å². The minimum absolute atomic E-state index is 0.315. The molecule has 0 amide bonds. The van der Waals surface area contributed by atoms with Crippen LogP contribution in [0.5, 0.6) is 11.5 Å². The summed E-state index contributed by atoms with van der Waals surface area (Å²) < 4.78 is 5.58. The Morgan fingerprint density at radius 2 is 1.52 bits per heavy atom. The van der Waals surface area contributed by atoms with Crippen LogP contribution >= 0.6 is 23.5 Å². The molecule has 0 bridgehead atoms. The molecule has 5 nitrogen and oxygen atoms in total. The molecule has 1 radical (unpaired) electrons. The lowest BCUT2D eigenvalue weighted by Gasteiger charge is -2.09. The first-order valence-electron chi connectivity index (χ1n) is 5.64. The average Bonchev–Trinajstić information content (AvgIpc) is 2.42. The molecular weight excluding hydrogens is 312 g/mol. The Balaban J connectivity index is 2.27. The van der Waals surface area contributed by atoms with Crippen molar-refractivity contribution in [2.45, 2.75) is 9.79 Å². The van der Waals surface area contributed by atoms with E-state index in [9.17, 15) is 9.59 Å². The van der Waals surface area contributed by atoms with Crippen molar-refractivity contribution in [3.8, 4) is 11.5 Å². The van der Waals surface area contributed by atoms with Crippen molar-refractivity contribution >= 4 is 34.1 Å². The summed E-state index contributed by atoms with van der Waals surface area (Å²) in [4.78, 5) is 22.3. The number of ether oxygens (including phenoxy) is 1. The van der Waals surface area contributed by atoms with Crippen molar-refractivity contribution in [3.05, 3.63) is 48.5 Å². The summed E-state index contributed by atoms with van der Waals surface area (Å²) in [6.45, 7) is 0. The first-order chi connectivity index (χ1) is 10.0. The summed E-state index contributed by atoms with van der Waals surface area (Å²) in [5, 5.41) is 15.4. The van der Waals surface area contributed by atoms with E-state index in [1.54, 1.807) is 30.3 Å². The summed E-state index contributed by atoms with van der Waals surface area (Å²) in [5.41, 5.74) is 0. The highest BCUT2D eigenvalue weighted by Crippen LogP contribution is 2.35. The van der Waals surface area contributed by atoms with E-state index in [1.165, 1.54) is 12.1 Å². The molecule has 0 unspecified atom stereocenters. The lowest BCUT2D eigenvalue weighted by atomic mass is 10.3. The summed E-state index contributed by atoms with van der Waals surface area (Å²) in [7, 11) is 0. The first-order valence-corrected chi connectivity index (χ1v) is 7.27. The second-order valence-electron chi connectivity index (χ2n) is 3.68. The van der Waals surface area contributed by atoms with Gasteiger partial charge in [-0.25, -0.2) is 9.59 Å². The molecule has 0 fully saturated rings. The standard InChI is InChI=1S/C14H9O5S2/c15-13(16)20-11-7-6-10(8-12(11)21-14(17)18)19-9-4-2-1-3-5-9/h2-8H,(H,15,16)(H,17,18). The van der Waals surface area contributed by atoms with E-state index < -0.39 is 10.6 Å². The van der Waals surface area contributed by atoms with Gasteiger partial charge in [-0.2, -0.15) is 0 Å². The van der Waals surface area contributed by atoms with Crippen LogP contribution in [0.3, 0.4) is 0 Å². The van der Waals surface area contributed by atoms with Crippen LogP contribution in [0.4, 0.5) is 9.59 Å². The quantitative estimate of drug-likeness (QED) is 0.781. The number of hydrogen-bond donors (Lipinski definition) is 2. The highest BCUT2D eigenvalue weighted by atomic mass is 32.2. The van der Waals surface area contributed by atoms with Gasteiger partial charge in [0.1, 0.15) is 11.5 Å². The SMILES string of the molecule is O=C(O)Sc1ccc(Oc2cc[c]cc2)cc1SC(=O)O. The summed E-state index contributed by atoms with van der Waals surface area (Å²) in [6.07, 6.45) is 0. The molecule has 0 aliphatic rings. The molecule has 2 rings (SSSR count). The molecule has 0 aliphatic carbocycles. The van der Waals surface area contributed by atoms with Crippen molar-refractivity contribution in [2.75, 3.05) is 0 Å². The van der Waals surface area contributed by atoms with Gasteiger partial charge in [0.2, 0.25) is 0 Å². The van der Waals surface area contributed by atoms with Gasteiger partial charge in [-0.05, 0) is 59.9 Å². The van der Waals surface area contributed by atoms with Gasteiger partial charge in [-0.1, -0.05) is 12.1 Å². The lowest BCUT2D eigenvalue weighted by molar-refractivity contribution is 0.221. The van der Waals surface area contributed by atoms with Crippen molar-refractivity contribution in [1.82, 2.24) is 0 Å². The predicted octanol–water partition coefficient (Wildman–Crippen LogP) is 4.82. The fourth-order valence-corrected chi connectivity index (χ4v) is 2.75. The molecule has 2 aromatic carbocycles. The number of hydrogen-bond acceptors (Lipinski definition) is 5. The maximum atomic E-state index is 10.8. The highest BCUT2D eigenvalue weighted by molar-refractivity contribution is 8.15. The zero-order valence-corrected chi connectivity index (χ0v) is 12.1. The number of rotatable bonds is 4. The van der Waals surface area contributed by atoms with Gasteiger partial charge in [0, 0.05) is 9.79 Å². The predicted molar refractivity (Wildman–Crippen MR) is 79.6 cm³/mol. The number of thioether (sulfide) groups is 2. The Morgan fingerprint density at radius 1 is 0.905 bits per heavy atom. The molecule has 2 aromatic rings. The molecule has 0 heterocycles. The van der Waals surface area contributed by atoms with Crippen molar-refractivity contribution in [3.63, 3.8) is 0 Å². The van der Waals surface area contributed by atoms with Crippen molar-refractivity contribution < 1.29 is 24.5 Å². The Kier molecular flexibility index (Phi) is 5.13. The van der Waals surface area contributed by atoms with Crippen LogP contribution in [-0.4, -0.2) is 20.8 Å². The van der Waals surface area contributed by atoms with Gasteiger partial charge in [-0.15, -0.1) is 0 Å². The van der Waals surface area contributed by atoms with E-state index in [0.29, 0.717) is 44.8 Å². The van der Waals surface area contributed by atoms with Gasteiger partial charge in [0.25, 0.3) is 0 Å². The largest absolute Gasteiger partial charge is 0.473 e. The fraction of sp³-hybridized carbons (Fsp3) is 0. The molecule has 0 aromatic heterocycles. The Bertz CT molecular complexity index is 658. The van der Waals surface area contributed by atoms with E-state index >= 15 is 0 Å².